The van der Waals surface area contributed by atoms with E-state index in [9.17, 15) is 14.4 Å². The molecule has 0 aromatic carbocycles. The molecule has 1 N–H and O–H groups in total. The zero-order valence-corrected chi connectivity index (χ0v) is 8.49. The van der Waals surface area contributed by atoms with Gasteiger partial charge >= 0.3 is 5.97 Å². The molecule has 0 aliphatic carbocycles. The fourth-order valence-corrected chi connectivity index (χ4v) is 2.33. The first kappa shape index (κ1) is 10.0. The van der Waals surface area contributed by atoms with E-state index in [2.05, 4.69) is 0 Å². The molecule has 0 spiro atoms. The van der Waals surface area contributed by atoms with Crippen LogP contribution in [0.4, 0.5) is 0 Å². The Hall–Kier alpha value is -1.50. The van der Waals surface area contributed by atoms with Gasteiger partial charge in [-0.1, -0.05) is 0 Å². The molecule has 2 amide bonds. The van der Waals surface area contributed by atoms with Gasteiger partial charge in [0.2, 0.25) is 11.8 Å². The van der Waals surface area contributed by atoms with E-state index in [4.69, 9.17) is 5.11 Å². The molecule has 2 rings (SSSR count). The van der Waals surface area contributed by atoms with Gasteiger partial charge in [-0.05, 0) is 0 Å². The summed E-state index contributed by atoms with van der Waals surface area (Å²) in [5.41, 5.74) is -0.0244. The quantitative estimate of drug-likeness (QED) is 0.669. The lowest BCUT2D eigenvalue weighted by Crippen LogP contribution is -2.45. The highest BCUT2D eigenvalue weighted by Crippen LogP contribution is 2.28. The number of aliphatic carboxylic acids is 1. The lowest BCUT2D eigenvalue weighted by Gasteiger charge is -2.27. The number of carboxylic acids is 1. The highest BCUT2D eigenvalue weighted by Gasteiger charge is 2.38. The minimum Gasteiger partial charge on any atom is -0.477 e. The van der Waals surface area contributed by atoms with E-state index >= 15 is 0 Å². The molecule has 0 saturated carbocycles. The number of carboxylic acid groups (broad SMARTS) is 1. The number of hydrogen-bond acceptors (Lipinski definition) is 5. The Labute approximate surface area is 89.5 Å². The zero-order chi connectivity index (χ0) is 11.0. The van der Waals surface area contributed by atoms with Crippen LogP contribution >= 0.6 is 11.8 Å². The minimum absolute atomic E-state index is 0.0244. The summed E-state index contributed by atoms with van der Waals surface area (Å²) < 4.78 is 0. The molecule has 80 valence electrons. The second-order valence-electron chi connectivity index (χ2n) is 3.10. The largest absolute Gasteiger partial charge is 0.477 e. The number of amides is 2. The third-order valence-corrected chi connectivity index (χ3v) is 2.94. The molecule has 0 atom stereocenters. The van der Waals surface area contributed by atoms with Crippen molar-refractivity contribution in [1.82, 2.24) is 10.0 Å². The van der Waals surface area contributed by atoms with Gasteiger partial charge in [-0.25, -0.2) is 4.79 Å². The van der Waals surface area contributed by atoms with Crippen LogP contribution in [-0.2, 0) is 14.4 Å². The Kier molecular flexibility index (Phi) is 2.39. The minimum atomic E-state index is -1.13. The molecule has 7 heteroatoms. The summed E-state index contributed by atoms with van der Waals surface area (Å²) >= 11 is 1.25. The molecular weight excluding hydrogens is 220 g/mol. The molecule has 0 unspecified atom stereocenters. The van der Waals surface area contributed by atoms with E-state index in [1.54, 1.807) is 0 Å². The van der Waals surface area contributed by atoms with Gasteiger partial charge in [0.1, 0.15) is 0 Å². The molecule has 6 nitrogen and oxygen atoms in total. The van der Waals surface area contributed by atoms with Crippen LogP contribution in [0.15, 0.2) is 11.1 Å². The Balaban J connectivity index is 2.24. The van der Waals surface area contributed by atoms with E-state index in [1.165, 1.54) is 22.2 Å². The normalized spacial score (nSPS) is 21.2. The predicted octanol–water partition coefficient (Wildman–Crippen LogP) is -0.0173. The van der Waals surface area contributed by atoms with Gasteiger partial charge in [0.25, 0.3) is 0 Å². The van der Waals surface area contributed by atoms with Crippen molar-refractivity contribution >= 4 is 29.5 Å². The van der Waals surface area contributed by atoms with E-state index in [1.807, 2.05) is 0 Å². The van der Waals surface area contributed by atoms with Crippen molar-refractivity contribution in [2.75, 3.05) is 5.88 Å². The van der Waals surface area contributed by atoms with Gasteiger partial charge in [0, 0.05) is 18.2 Å². The maximum atomic E-state index is 11.4. The molecular formula is C8H8N2O4S. The van der Waals surface area contributed by atoms with Crippen molar-refractivity contribution in [3.05, 3.63) is 11.1 Å². The average molecular weight is 228 g/mol. The van der Waals surface area contributed by atoms with Crippen molar-refractivity contribution in [1.29, 1.82) is 0 Å². The molecule has 15 heavy (non-hydrogen) atoms. The molecule has 0 radical (unpaired) electrons. The number of carbonyl (C=O) groups excluding carboxylic acids is 2. The van der Waals surface area contributed by atoms with Gasteiger partial charge in [0.15, 0.2) is 5.70 Å². The standard InChI is InChI=1S/C8H8N2O4S/c11-6-1-2-7(12)10(6)9-4-15-3-5(9)8(13)14/h3H,1-2,4H2,(H,13,14). The second kappa shape index (κ2) is 3.58. The SMILES string of the molecule is O=C(O)C1=CSCN1N1C(=O)CCC1=O. The van der Waals surface area contributed by atoms with Gasteiger partial charge in [-0.2, -0.15) is 5.01 Å². The Morgan fingerprint density at radius 3 is 2.47 bits per heavy atom. The monoisotopic (exact) mass is 228 g/mol. The lowest BCUT2D eigenvalue weighted by molar-refractivity contribution is -0.154. The average Bonchev–Trinajstić information content (AvgIpc) is 2.73. The molecule has 2 aliphatic heterocycles. The van der Waals surface area contributed by atoms with Crippen LogP contribution < -0.4 is 0 Å². The first-order valence-electron chi connectivity index (χ1n) is 4.29. The maximum absolute atomic E-state index is 11.4. The fraction of sp³-hybridized carbons (Fsp3) is 0.375. The van der Waals surface area contributed by atoms with Crippen LogP contribution in [0.5, 0.6) is 0 Å². The molecule has 2 aliphatic rings. The van der Waals surface area contributed by atoms with Crippen LogP contribution in [0.3, 0.4) is 0 Å². The Morgan fingerprint density at radius 1 is 1.33 bits per heavy atom. The molecule has 1 fully saturated rings. The third kappa shape index (κ3) is 1.58. The van der Waals surface area contributed by atoms with Gasteiger partial charge in [-0.3, -0.25) is 14.6 Å². The summed E-state index contributed by atoms with van der Waals surface area (Å²) in [7, 11) is 0. The van der Waals surface area contributed by atoms with Crippen LogP contribution in [0.2, 0.25) is 0 Å². The number of hydrazine groups is 1. The third-order valence-electron chi connectivity index (χ3n) is 2.16. The number of imide groups is 1. The second-order valence-corrected chi connectivity index (χ2v) is 3.93. The Morgan fingerprint density at radius 2 is 1.93 bits per heavy atom. The first-order chi connectivity index (χ1) is 7.11. The smallest absolute Gasteiger partial charge is 0.354 e. The van der Waals surface area contributed by atoms with Crippen LogP contribution in [0, 0.1) is 0 Å². The van der Waals surface area contributed by atoms with E-state index in [0.717, 1.165) is 5.01 Å². The van der Waals surface area contributed by atoms with Crippen molar-refractivity contribution in [3.8, 4) is 0 Å². The Bertz CT molecular complexity index is 363. The molecule has 0 bridgehead atoms. The van der Waals surface area contributed by atoms with Crippen molar-refractivity contribution in [2.24, 2.45) is 0 Å². The highest BCUT2D eigenvalue weighted by atomic mass is 32.2. The van der Waals surface area contributed by atoms with Crippen LogP contribution in [0.1, 0.15) is 12.8 Å². The van der Waals surface area contributed by atoms with Gasteiger partial charge in [-0.15, -0.1) is 11.8 Å². The first-order valence-corrected chi connectivity index (χ1v) is 5.34. The van der Waals surface area contributed by atoms with Gasteiger partial charge in [0.05, 0.1) is 5.88 Å². The van der Waals surface area contributed by atoms with Gasteiger partial charge < -0.3 is 5.11 Å². The lowest BCUT2D eigenvalue weighted by atomic mass is 10.4. The van der Waals surface area contributed by atoms with Crippen molar-refractivity contribution in [2.45, 2.75) is 12.8 Å². The number of hydrogen-bond donors (Lipinski definition) is 1. The van der Waals surface area contributed by atoms with Crippen LogP contribution in [-0.4, -0.2) is 38.8 Å². The summed E-state index contributed by atoms with van der Waals surface area (Å²) in [5, 5.41) is 12.4. The summed E-state index contributed by atoms with van der Waals surface area (Å²) in [6.45, 7) is 0. The number of thioether (sulfide) groups is 1. The highest BCUT2D eigenvalue weighted by molar-refractivity contribution is 8.02. The molecule has 0 aromatic heterocycles. The van der Waals surface area contributed by atoms with E-state index in [0.29, 0.717) is 5.88 Å². The summed E-state index contributed by atoms with van der Waals surface area (Å²) in [5.74, 6) is -1.52. The van der Waals surface area contributed by atoms with Crippen LogP contribution in [0.25, 0.3) is 0 Å². The van der Waals surface area contributed by atoms with Crippen molar-refractivity contribution < 1.29 is 19.5 Å². The zero-order valence-electron chi connectivity index (χ0n) is 7.67. The predicted molar refractivity (Wildman–Crippen MR) is 51.1 cm³/mol. The fourth-order valence-electron chi connectivity index (χ4n) is 1.48. The summed E-state index contributed by atoms with van der Waals surface area (Å²) in [4.78, 5) is 33.6. The van der Waals surface area contributed by atoms with E-state index < -0.39 is 5.97 Å². The number of rotatable bonds is 2. The van der Waals surface area contributed by atoms with Crippen molar-refractivity contribution in [3.63, 3.8) is 0 Å². The maximum Gasteiger partial charge on any atom is 0.354 e. The summed E-state index contributed by atoms with van der Waals surface area (Å²) in [6.07, 6.45) is 0.319. The topological polar surface area (TPSA) is 77.9 Å². The molecule has 0 aromatic rings. The number of carbonyl (C=O) groups is 3. The molecule has 2 heterocycles. The molecule has 1 saturated heterocycles. The van der Waals surface area contributed by atoms with E-state index in [-0.39, 0.29) is 30.4 Å². The number of nitrogens with zero attached hydrogens (tertiary/aromatic N) is 2. The summed E-state index contributed by atoms with van der Waals surface area (Å²) in [6, 6.07) is 0.